The van der Waals surface area contributed by atoms with Crippen molar-refractivity contribution in [2.75, 3.05) is 13.1 Å². The number of primary amides is 1. The molecule has 0 aliphatic heterocycles. The van der Waals surface area contributed by atoms with Gasteiger partial charge in [-0.05, 0) is 24.1 Å². The summed E-state index contributed by atoms with van der Waals surface area (Å²) in [5.41, 5.74) is 5.96. The number of nitrogens with two attached hydrogens (primary N) is 1. The Labute approximate surface area is 112 Å². The predicted octanol–water partition coefficient (Wildman–Crippen LogP) is 1.14. The molecule has 5 nitrogen and oxygen atoms in total. The first-order valence-electron chi connectivity index (χ1n) is 6.01. The predicted molar refractivity (Wildman–Crippen MR) is 71.1 cm³/mol. The molecule has 1 aromatic carbocycles. The smallest absolute Gasteiger partial charge is 0.254 e. The molecule has 0 fully saturated rings. The zero-order valence-corrected chi connectivity index (χ0v) is 11.1. The number of nitriles is 1. The molecule has 100 valence electrons. The van der Waals surface area contributed by atoms with Gasteiger partial charge in [0, 0.05) is 12.1 Å². The molecular weight excluding hydrogens is 242 g/mol. The fraction of sp³-hybridized carbons (Fsp3) is 0.357. The minimum Gasteiger partial charge on any atom is -0.368 e. The summed E-state index contributed by atoms with van der Waals surface area (Å²) in [6, 6.07) is 8.38. The summed E-state index contributed by atoms with van der Waals surface area (Å²) in [5, 5.41) is 8.82. The topological polar surface area (TPSA) is 87.2 Å². The molecule has 0 bridgehead atoms. The van der Waals surface area contributed by atoms with Gasteiger partial charge in [0.1, 0.15) is 0 Å². The van der Waals surface area contributed by atoms with Gasteiger partial charge in [0.15, 0.2) is 0 Å². The van der Waals surface area contributed by atoms with Gasteiger partial charge in [0.2, 0.25) is 5.91 Å². The van der Waals surface area contributed by atoms with Gasteiger partial charge in [0.25, 0.3) is 5.91 Å². The van der Waals surface area contributed by atoms with Crippen LogP contribution in [-0.4, -0.2) is 29.8 Å². The van der Waals surface area contributed by atoms with Crippen LogP contribution in [0, 0.1) is 17.2 Å². The summed E-state index contributed by atoms with van der Waals surface area (Å²) >= 11 is 0. The maximum absolute atomic E-state index is 12.3. The van der Waals surface area contributed by atoms with Gasteiger partial charge < -0.3 is 10.6 Å². The van der Waals surface area contributed by atoms with Crippen LogP contribution >= 0.6 is 0 Å². The summed E-state index contributed by atoms with van der Waals surface area (Å²) in [6.45, 7) is 4.23. The van der Waals surface area contributed by atoms with Crippen LogP contribution in [-0.2, 0) is 4.79 Å². The molecule has 0 aliphatic rings. The minimum atomic E-state index is -0.551. The van der Waals surface area contributed by atoms with Crippen molar-refractivity contribution in [2.45, 2.75) is 13.8 Å². The second kappa shape index (κ2) is 6.55. The number of benzene rings is 1. The molecule has 1 rings (SSSR count). The molecular formula is C14H17N3O2. The molecule has 0 unspecified atom stereocenters. The average molecular weight is 259 g/mol. The first-order chi connectivity index (χ1) is 8.93. The molecule has 1 aromatic rings. The lowest BCUT2D eigenvalue weighted by Gasteiger charge is -2.23. The van der Waals surface area contributed by atoms with E-state index in [2.05, 4.69) is 0 Å². The third kappa shape index (κ3) is 4.43. The van der Waals surface area contributed by atoms with Crippen molar-refractivity contribution in [2.24, 2.45) is 11.7 Å². The minimum absolute atomic E-state index is 0.117. The van der Waals surface area contributed by atoms with E-state index in [-0.39, 0.29) is 18.4 Å². The van der Waals surface area contributed by atoms with Gasteiger partial charge in [-0.2, -0.15) is 5.26 Å². The van der Waals surface area contributed by atoms with E-state index in [9.17, 15) is 9.59 Å². The third-order valence-electron chi connectivity index (χ3n) is 2.46. The summed E-state index contributed by atoms with van der Waals surface area (Å²) in [5.74, 6) is -0.613. The van der Waals surface area contributed by atoms with Gasteiger partial charge in [-0.3, -0.25) is 9.59 Å². The van der Waals surface area contributed by atoms with Crippen LogP contribution < -0.4 is 5.73 Å². The van der Waals surface area contributed by atoms with E-state index >= 15 is 0 Å². The molecule has 2 N–H and O–H groups in total. The monoisotopic (exact) mass is 259 g/mol. The van der Waals surface area contributed by atoms with Crippen LogP contribution in [0.15, 0.2) is 24.3 Å². The van der Waals surface area contributed by atoms with Gasteiger partial charge in [-0.25, -0.2) is 0 Å². The Morgan fingerprint density at radius 2 is 2.11 bits per heavy atom. The van der Waals surface area contributed by atoms with E-state index in [1.165, 1.54) is 11.0 Å². The van der Waals surface area contributed by atoms with E-state index in [1.54, 1.807) is 18.2 Å². The van der Waals surface area contributed by atoms with Gasteiger partial charge in [0.05, 0.1) is 18.2 Å². The van der Waals surface area contributed by atoms with Crippen LogP contribution in [0.1, 0.15) is 29.8 Å². The fourth-order valence-electron chi connectivity index (χ4n) is 1.75. The first-order valence-corrected chi connectivity index (χ1v) is 6.01. The number of amides is 2. The van der Waals surface area contributed by atoms with E-state index in [4.69, 9.17) is 11.0 Å². The standard InChI is InChI=1S/C14H17N3O2/c1-10(2)8-17(9-13(16)18)14(19)12-5-3-4-11(6-12)7-15/h3-6,10H,8-9H2,1-2H3,(H2,16,18). The number of nitrogens with zero attached hydrogens (tertiary/aromatic N) is 2. The molecule has 0 aliphatic carbocycles. The zero-order valence-electron chi connectivity index (χ0n) is 11.1. The molecule has 0 aromatic heterocycles. The van der Waals surface area contributed by atoms with Gasteiger partial charge in [-0.1, -0.05) is 19.9 Å². The van der Waals surface area contributed by atoms with Crippen LogP contribution in [0.2, 0.25) is 0 Å². The summed E-state index contributed by atoms with van der Waals surface area (Å²) in [6.07, 6.45) is 0. The highest BCUT2D eigenvalue weighted by Gasteiger charge is 2.18. The van der Waals surface area contributed by atoms with Gasteiger partial charge >= 0.3 is 0 Å². The maximum Gasteiger partial charge on any atom is 0.254 e. The number of carbonyl (C=O) groups is 2. The highest BCUT2D eigenvalue weighted by atomic mass is 16.2. The normalized spacial score (nSPS) is 10.0. The molecule has 0 saturated heterocycles. The summed E-state index contributed by atoms with van der Waals surface area (Å²) < 4.78 is 0. The number of hydrogen-bond acceptors (Lipinski definition) is 3. The van der Waals surface area contributed by atoms with Crippen molar-refractivity contribution in [3.05, 3.63) is 35.4 Å². The lowest BCUT2D eigenvalue weighted by atomic mass is 10.1. The number of rotatable bonds is 5. The largest absolute Gasteiger partial charge is 0.368 e. The van der Waals surface area contributed by atoms with E-state index < -0.39 is 5.91 Å². The maximum atomic E-state index is 12.3. The van der Waals surface area contributed by atoms with Crippen molar-refractivity contribution in [3.63, 3.8) is 0 Å². The summed E-state index contributed by atoms with van der Waals surface area (Å²) in [7, 11) is 0. The first kappa shape index (κ1) is 14.7. The van der Waals surface area contributed by atoms with Crippen molar-refractivity contribution in [3.8, 4) is 6.07 Å². The lowest BCUT2D eigenvalue weighted by Crippen LogP contribution is -2.40. The Kier molecular flexibility index (Phi) is 5.07. The van der Waals surface area contributed by atoms with Crippen LogP contribution in [0.4, 0.5) is 0 Å². The zero-order chi connectivity index (χ0) is 14.4. The molecule has 0 atom stereocenters. The SMILES string of the molecule is CC(C)CN(CC(N)=O)C(=O)c1cccc(C#N)c1. The van der Waals surface area contributed by atoms with Crippen LogP contribution in [0.3, 0.4) is 0 Å². The molecule has 0 saturated carbocycles. The molecule has 0 radical (unpaired) electrons. The van der Waals surface area contributed by atoms with Crippen molar-refractivity contribution in [1.82, 2.24) is 4.90 Å². The Hall–Kier alpha value is -2.35. The Morgan fingerprint density at radius 1 is 1.42 bits per heavy atom. The second-order valence-corrected chi connectivity index (χ2v) is 4.74. The van der Waals surface area contributed by atoms with Crippen LogP contribution in [0.5, 0.6) is 0 Å². The quantitative estimate of drug-likeness (QED) is 0.860. The third-order valence-corrected chi connectivity index (χ3v) is 2.46. The number of carbonyl (C=O) groups excluding carboxylic acids is 2. The second-order valence-electron chi connectivity index (χ2n) is 4.74. The Morgan fingerprint density at radius 3 is 2.63 bits per heavy atom. The average Bonchev–Trinajstić information content (AvgIpc) is 2.36. The highest BCUT2D eigenvalue weighted by molar-refractivity contribution is 5.96. The molecule has 19 heavy (non-hydrogen) atoms. The fourth-order valence-corrected chi connectivity index (χ4v) is 1.75. The molecule has 0 heterocycles. The number of hydrogen-bond donors (Lipinski definition) is 1. The molecule has 2 amide bonds. The van der Waals surface area contributed by atoms with Crippen molar-refractivity contribution < 1.29 is 9.59 Å². The van der Waals surface area contributed by atoms with E-state index in [0.29, 0.717) is 17.7 Å². The molecule has 0 spiro atoms. The Bertz CT molecular complexity index is 518. The van der Waals surface area contributed by atoms with Crippen molar-refractivity contribution >= 4 is 11.8 Å². The molecule has 5 heteroatoms. The van der Waals surface area contributed by atoms with E-state index in [1.807, 2.05) is 19.9 Å². The van der Waals surface area contributed by atoms with Gasteiger partial charge in [-0.15, -0.1) is 0 Å². The Balaban J connectivity index is 2.97. The highest BCUT2D eigenvalue weighted by Crippen LogP contribution is 2.09. The summed E-state index contributed by atoms with van der Waals surface area (Å²) in [4.78, 5) is 24.7. The lowest BCUT2D eigenvalue weighted by molar-refractivity contribution is -0.118. The van der Waals surface area contributed by atoms with Crippen molar-refractivity contribution in [1.29, 1.82) is 5.26 Å². The van der Waals surface area contributed by atoms with Crippen LogP contribution in [0.25, 0.3) is 0 Å². The van der Waals surface area contributed by atoms with E-state index in [0.717, 1.165) is 0 Å².